The van der Waals surface area contributed by atoms with Crippen molar-refractivity contribution in [1.82, 2.24) is 0 Å². The molecule has 0 fully saturated rings. The van der Waals surface area contributed by atoms with E-state index in [9.17, 15) is 4.79 Å². The lowest BCUT2D eigenvalue weighted by Gasteiger charge is -2.14. The Kier molecular flexibility index (Phi) is 16.3. The number of carbonyl (C=O) groups is 1. The molecule has 1 aromatic rings. The van der Waals surface area contributed by atoms with Gasteiger partial charge in [0.1, 0.15) is 5.60 Å². The largest absolute Gasteiger partial charge is 0.462 e. The summed E-state index contributed by atoms with van der Waals surface area (Å²) in [5, 5.41) is 0. The lowest BCUT2D eigenvalue weighted by Crippen LogP contribution is -2.17. The van der Waals surface area contributed by atoms with Gasteiger partial charge in [-0.05, 0) is 58.3 Å². The molecule has 2 N–H and O–H groups in total. The Balaban J connectivity index is 0. The highest BCUT2D eigenvalue weighted by molar-refractivity contribution is 7.93. The van der Waals surface area contributed by atoms with Crippen molar-refractivity contribution in [3.8, 4) is 0 Å². The molecule has 1 aromatic carbocycles. The average molecular weight is 315 g/mol. The van der Waals surface area contributed by atoms with Crippen LogP contribution >= 0.6 is 12.0 Å². The van der Waals surface area contributed by atoms with Crippen LogP contribution in [0.25, 0.3) is 0 Å². The first-order valence-corrected chi connectivity index (χ1v) is 8.03. The number of benzene rings is 1. The molecule has 0 saturated heterocycles. The summed E-state index contributed by atoms with van der Waals surface area (Å²) < 4.78 is 9.72. The van der Waals surface area contributed by atoms with E-state index in [2.05, 4.69) is 34.7 Å². The molecule has 122 valence electrons. The van der Waals surface area contributed by atoms with E-state index in [4.69, 9.17) is 4.18 Å². The molecule has 5 heteroatoms. The van der Waals surface area contributed by atoms with E-state index in [0.717, 1.165) is 19.4 Å². The fourth-order valence-corrected chi connectivity index (χ4v) is 1.49. The molecule has 1 rings (SSSR count). The molecule has 4 nitrogen and oxygen atoms in total. The van der Waals surface area contributed by atoms with Gasteiger partial charge in [-0.1, -0.05) is 30.3 Å². The lowest BCUT2D eigenvalue weighted by molar-refractivity contribution is -0.138. The molecule has 0 spiro atoms. The molecular weight excluding hydrogens is 286 g/mol. The number of nitrogens with two attached hydrogens (primary N) is 1. The first-order valence-electron chi connectivity index (χ1n) is 6.88. The average Bonchev–Trinajstić information content (AvgIpc) is 2.46. The molecule has 0 bridgehead atoms. The molecule has 0 radical (unpaired) electrons. The van der Waals surface area contributed by atoms with E-state index >= 15 is 0 Å². The van der Waals surface area contributed by atoms with E-state index in [-0.39, 0.29) is 5.60 Å². The molecule has 0 aromatic heterocycles. The Morgan fingerprint density at radius 2 is 1.76 bits per heavy atom. The van der Waals surface area contributed by atoms with Gasteiger partial charge in [-0.15, -0.1) is 0 Å². The standard InChI is InChI=1S/C10H14OS.C5H10O2.CH5N/c1-12-11-9-5-8-10-6-3-2-4-7-10;1-5(2,3)7-4-6;1-2/h2-4,6-7H,5,8-9H2,1H3;4H,1-3H3;2H2,1H3. The summed E-state index contributed by atoms with van der Waals surface area (Å²) in [5.74, 6) is 0. The Morgan fingerprint density at radius 3 is 2.14 bits per heavy atom. The van der Waals surface area contributed by atoms with Crippen LogP contribution in [-0.2, 0) is 20.1 Å². The van der Waals surface area contributed by atoms with Gasteiger partial charge in [0.15, 0.2) is 0 Å². The molecule has 0 heterocycles. The third kappa shape index (κ3) is 19.0. The quantitative estimate of drug-likeness (QED) is 0.495. The van der Waals surface area contributed by atoms with Crippen molar-refractivity contribution in [3.05, 3.63) is 35.9 Å². The van der Waals surface area contributed by atoms with Crippen molar-refractivity contribution >= 4 is 18.5 Å². The summed E-state index contributed by atoms with van der Waals surface area (Å²) in [6.45, 7) is 6.76. The maximum atomic E-state index is 9.60. The van der Waals surface area contributed by atoms with Gasteiger partial charge in [0, 0.05) is 6.26 Å². The Hall–Kier alpha value is -1.04. The topological polar surface area (TPSA) is 61.5 Å². The molecule has 0 unspecified atom stereocenters. The van der Waals surface area contributed by atoms with Crippen LogP contribution in [0, 0.1) is 0 Å². The first kappa shape index (κ1) is 22.2. The van der Waals surface area contributed by atoms with Gasteiger partial charge in [0.25, 0.3) is 6.47 Å². The summed E-state index contributed by atoms with van der Waals surface area (Å²) >= 11 is 1.44. The smallest absolute Gasteiger partial charge is 0.293 e. The van der Waals surface area contributed by atoms with E-state index in [1.165, 1.54) is 24.7 Å². The SMILES string of the molecule is CC(C)(C)OC=O.CN.CSOCCCc1ccccc1. The van der Waals surface area contributed by atoms with Crippen molar-refractivity contribution < 1.29 is 13.7 Å². The summed E-state index contributed by atoms with van der Waals surface area (Å²) in [6, 6.07) is 10.5. The zero-order valence-corrected chi connectivity index (χ0v) is 14.6. The first-order chi connectivity index (χ1) is 9.99. The normalized spacial score (nSPS) is 9.62. The maximum Gasteiger partial charge on any atom is 0.293 e. The van der Waals surface area contributed by atoms with E-state index < -0.39 is 0 Å². The van der Waals surface area contributed by atoms with Crippen LogP contribution in [0.1, 0.15) is 32.8 Å². The molecule has 0 amide bonds. The second kappa shape index (κ2) is 15.4. The van der Waals surface area contributed by atoms with Gasteiger partial charge in [-0.25, -0.2) is 0 Å². The van der Waals surface area contributed by atoms with Gasteiger partial charge in [0.2, 0.25) is 0 Å². The van der Waals surface area contributed by atoms with Crippen LogP contribution in [-0.4, -0.2) is 32.0 Å². The van der Waals surface area contributed by atoms with Crippen LogP contribution in [0.2, 0.25) is 0 Å². The van der Waals surface area contributed by atoms with Gasteiger partial charge >= 0.3 is 0 Å². The predicted molar refractivity (Wildman–Crippen MR) is 91.2 cm³/mol. The van der Waals surface area contributed by atoms with Crippen molar-refractivity contribution in [3.63, 3.8) is 0 Å². The molecule has 0 aliphatic rings. The Morgan fingerprint density at radius 1 is 1.19 bits per heavy atom. The fraction of sp³-hybridized carbons (Fsp3) is 0.562. The van der Waals surface area contributed by atoms with Crippen LogP contribution in [0.4, 0.5) is 0 Å². The zero-order valence-electron chi connectivity index (χ0n) is 13.8. The third-order valence-corrected chi connectivity index (χ3v) is 2.46. The van der Waals surface area contributed by atoms with Gasteiger partial charge in [-0.2, -0.15) is 0 Å². The van der Waals surface area contributed by atoms with E-state index in [0.29, 0.717) is 6.47 Å². The monoisotopic (exact) mass is 315 g/mol. The Bertz CT molecular complexity index is 326. The summed E-state index contributed by atoms with van der Waals surface area (Å²) in [4.78, 5) is 9.60. The fourth-order valence-electron chi connectivity index (χ4n) is 1.21. The minimum Gasteiger partial charge on any atom is -0.462 e. The second-order valence-electron chi connectivity index (χ2n) is 4.90. The highest BCUT2D eigenvalue weighted by atomic mass is 32.2. The predicted octanol–water partition coefficient (Wildman–Crippen LogP) is 3.45. The minimum atomic E-state index is -0.318. The highest BCUT2D eigenvalue weighted by Crippen LogP contribution is 2.04. The van der Waals surface area contributed by atoms with Gasteiger partial charge in [-0.3, -0.25) is 4.79 Å². The minimum absolute atomic E-state index is 0.318. The van der Waals surface area contributed by atoms with Gasteiger partial charge in [0.05, 0.1) is 6.61 Å². The van der Waals surface area contributed by atoms with Crippen molar-refractivity contribution in [1.29, 1.82) is 0 Å². The lowest BCUT2D eigenvalue weighted by atomic mass is 10.1. The number of rotatable bonds is 6. The van der Waals surface area contributed by atoms with Crippen LogP contribution < -0.4 is 5.73 Å². The third-order valence-electron chi connectivity index (χ3n) is 2.06. The van der Waals surface area contributed by atoms with E-state index in [1.807, 2.05) is 33.1 Å². The molecular formula is C16H29NO3S. The number of carbonyl (C=O) groups excluding carboxylic acids is 1. The molecule has 0 aliphatic carbocycles. The maximum absolute atomic E-state index is 9.60. The number of aryl methyl sites for hydroxylation is 1. The van der Waals surface area contributed by atoms with Crippen molar-refractivity contribution in [2.75, 3.05) is 19.9 Å². The molecule has 0 saturated carbocycles. The molecule has 0 atom stereocenters. The van der Waals surface area contributed by atoms with Crippen LogP contribution in [0.15, 0.2) is 30.3 Å². The highest BCUT2D eigenvalue weighted by Gasteiger charge is 2.07. The van der Waals surface area contributed by atoms with Crippen molar-refractivity contribution in [2.24, 2.45) is 5.73 Å². The van der Waals surface area contributed by atoms with Gasteiger partial charge < -0.3 is 14.7 Å². The number of ether oxygens (including phenoxy) is 1. The summed E-state index contributed by atoms with van der Waals surface area (Å²) in [6.07, 6.45) is 4.16. The van der Waals surface area contributed by atoms with Crippen molar-refractivity contribution in [2.45, 2.75) is 39.2 Å². The summed E-state index contributed by atoms with van der Waals surface area (Å²) in [5.41, 5.74) is 5.57. The number of hydrogen-bond donors (Lipinski definition) is 1. The Labute approximate surface area is 133 Å². The summed E-state index contributed by atoms with van der Waals surface area (Å²) in [7, 11) is 1.50. The molecule has 21 heavy (non-hydrogen) atoms. The molecule has 0 aliphatic heterocycles. The van der Waals surface area contributed by atoms with Crippen LogP contribution in [0.5, 0.6) is 0 Å². The number of hydrogen-bond acceptors (Lipinski definition) is 5. The second-order valence-corrected chi connectivity index (χ2v) is 5.47. The zero-order chi connectivity index (χ0) is 16.6. The van der Waals surface area contributed by atoms with Crippen LogP contribution in [0.3, 0.4) is 0 Å². The van der Waals surface area contributed by atoms with E-state index in [1.54, 1.807) is 0 Å².